The predicted molar refractivity (Wildman–Crippen MR) is 94.7 cm³/mol. The fourth-order valence-electron chi connectivity index (χ4n) is 3.15. The Bertz CT molecular complexity index is 735. The number of thiophene rings is 1. The zero-order chi connectivity index (χ0) is 17.1. The van der Waals surface area contributed by atoms with Gasteiger partial charge in [0.05, 0.1) is 6.04 Å². The highest BCUT2D eigenvalue weighted by molar-refractivity contribution is 7.10. The second-order valence-electron chi connectivity index (χ2n) is 5.93. The molecule has 0 bridgehead atoms. The van der Waals surface area contributed by atoms with Gasteiger partial charge in [0.2, 0.25) is 0 Å². The number of fused-ring (bicyclic) bond motifs is 1. The van der Waals surface area contributed by atoms with E-state index in [2.05, 4.69) is 18.4 Å². The SMILES string of the molecule is CC[C@H]1c2ccsc2CCN1C(=O)COc1ccc(C(C)=O)cc1. The Morgan fingerprint density at radius 2 is 2.00 bits per heavy atom. The lowest BCUT2D eigenvalue weighted by Gasteiger charge is -2.35. The molecule has 4 nitrogen and oxygen atoms in total. The highest BCUT2D eigenvalue weighted by atomic mass is 32.1. The number of benzene rings is 1. The molecule has 0 saturated heterocycles. The van der Waals surface area contributed by atoms with Crippen LogP contribution in [-0.4, -0.2) is 29.7 Å². The van der Waals surface area contributed by atoms with Crippen LogP contribution >= 0.6 is 11.3 Å². The number of hydrogen-bond donors (Lipinski definition) is 0. The van der Waals surface area contributed by atoms with Crippen molar-refractivity contribution in [2.75, 3.05) is 13.2 Å². The molecule has 1 aliphatic heterocycles. The summed E-state index contributed by atoms with van der Waals surface area (Å²) in [6.45, 7) is 4.41. The second-order valence-corrected chi connectivity index (χ2v) is 6.93. The molecule has 1 atom stereocenters. The van der Waals surface area contributed by atoms with Gasteiger partial charge in [0, 0.05) is 17.0 Å². The predicted octanol–water partition coefficient (Wildman–Crippen LogP) is 3.87. The van der Waals surface area contributed by atoms with Crippen molar-refractivity contribution in [1.29, 1.82) is 0 Å². The summed E-state index contributed by atoms with van der Waals surface area (Å²) in [7, 11) is 0. The summed E-state index contributed by atoms with van der Waals surface area (Å²) in [6.07, 6.45) is 1.82. The molecule has 0 spiro atoms. The Balaban J connectivity index is 1.63. The summed E-state index contributed by atoms with van der Waals surface area (Å²) in [4.78, 5) is 27.2. The Labute approximate surface area is 146 Å². The molecule has 1 amide bonds. The average molecular weight is 343 g/mol. The molecule has 126 valence electrons. The molecular formula is C19H21NO3S. The molecule has 0 radical (unpaired) electrons. The summed E-state index contributed by atoms with van der Waals surface area (Å²) in [5, 5.41) is 2.11. The van der Waals surface area contributed by atoms with Crippen molar-refractivity contribution < 1.29 is 14.3 Å². The molecule has 24 heavy (non-hydrogen) atoms. The summed E-state index contributed by atoms with van der Waals surface area (Å²) in [5.74, 6) is 0.632. The molecule has 0 fully saturated rings. The van der Waals surface area contributed by atoms with E-state index in [0.717, 1.165) is 19.4 Å². The normalized spacial score (nSPS) is 16.6. The molecule has 1 aromatic carbocycles. The largest absolute Gasteiger partial charge is 0.484 e. The van der Waals surface area contributed by atoms with Crippen LogP contribution in [0, 0.1) is 0 Å². The fourth-order valence-corrected chi connectivity index (χ4v) is 4.08. The van der Waals surface area contributed by atoms with Gasteiger partial charge in [-0.05, 0) is 61.0 Å². The minimum atomic E-state index is 0.00865. The number of hydrogen-bond acceptors (Lipinski definition) is 4. The van der Waals surface area contributed by atoms with E-state index in [1.807, 2.05) is 4.90 Å². The van der Waals surface area contributed by atoms with E-state index in [-0.39, 0.29) is 24.3 Å². The van der Waals surface area contributed by atoms with E-state index in [4.69, 9.17) is 4.74 Å². The lowest BCUT2D eigenvalue weighted by Crippen LogP contribution is -2.41. The van der Waals surface area contributed by atoms with E-state index >= 15 is 0 Å². The molecule has 2 heterocycles. The zero-order valence-electron chi connectivity index (χ0n) is 14.0. The van der Waals surface area contributed by atoms with Crippen LogP contribution in [-0.2, 0) is 11.2 Å². The summed E-state index contributed by atoms with van der Waals surface area (Å²) in [5.41, 5.74) is 1.92. The number of Topliss-reactive ketones (excluding diaryl/α,β-unsaturated/α-hetero) is 1. The molecule has 0 N–H and O–H groups in total. The third-order valence-corrected chi connectivity index (χ3v) is 5.42. The van der Waals surface area contributed by atoms with Crippen molar-refractivity contribution in [1.82, 2.24) is 4.90 Å². The molecule has 1 aromatic heterocycles. The molecule has 0 unspecified atom stereocenters. The first-order valence-corrected chi connectivity index (χ1v) is 9.07. The number of rotatable bonds is 5. The van der Waals surface area contributed by atoms with E-state index < -0.39 is 0 Å². The standard InChI is InChI=1S/C19H21NO3S/c1-3-17-16-9-11-24-18(16)8-10-20(17)19(22)12-23-15-6-4-14(5-7-15)13(2)21/h4-7,9,11,17H,3,8,10,12H2,1-2H3/t17-/m0/s1. The third kappa shape index (κ3) is 3.36. The fraction of sp³-hybridized carbons (Fsp3) is 0.368. The van der Waals surface area contributed by atoms with Crippen molar-refractivity contribution >= 4 is 23.0 Å². The van der Waals surface area contributed by atoms with Gasteiger partial charge < -0.3 is 9.64 Å². The number of carbonyl (C=O) groups is 2. The molecule has 2 aromatic rings. The minimum absolute atomic E-state index is 0.00865. The van der Waals surface area contributed by atoms with Crippen molar-refractivity contribution in [3.8, 4) is 5.75 Å². The second kappa shape index (κ2) is 7.18. The smallest absolute Gasteiger partial charge is 0.261 e. The maximum Gasteiger partial charge on any atom is 0.261 e. The Morgan fingerprint density at radius 3 is 2.67 bits per heavy atom. The van der Waals surface area contributed by atoms with Gasteiger partial charge in [0.25, 0.3) is 5.91 Å². The van der Waals surface area contributed by atoms with Gasteiger partial charge in [-0.25, -0.2) is 0 Å². The lowest BCUT2D eigenvalue weighted by atomic mass is 9.98. The van der Waals surface area contributed by atoms with Gasteiger partial charge in [-0.2, -0.15) is 0 Å². The van der Waals surface area contributed by atoms with Gasteiger partial charge in [-0.3, -0.25) is 9.59 Å². The zero-order valence-corrected chi connectivity index (χ0v) is 14.8. The summed E-state index contributed by atoms with van der Waals surface area (Å²) < 4.78 is 5.62. The van der Waals surface area contributed by atoms with Gasteiger partial charge >= 0.3 is 0 Å². The first kappa shape index (κ1) is 16.7. The van der Waals surface area contributed by atoms with E-state index in [1.54, 1.807) is 35.6 Å². The summed E-state index contributed by atoms with van der Waals surface area (Å²) in [6, 6.07) is 9.18. The van der Waals surface area contributed by atoms with Crippen LogP contribution in [0.4, 0.5) is 0 Å². The third-order valence-electron chi connectivity index (χ3n) is 4.43. The maximum atomic E-state index is 12.6. The van der Waals surface area contributed by atoms with Gasteiger partial charge in [-0.1, -0.05) is 6.92 Å². The molecule has 3 rings (SSSR count). The van der Waals surface area contributed by atoms with Crippen LogP contribution in [0.5, 0.6) is 5.75 Å². The monoisotopic (exact) mass is 343 g/mol. The van der Waals surface area contributed by atoms with Crippen LogP contribution in [0.1, 0.15) is 47.1 Å². The number of ether oxygens (including phenoxy) is 1. The van der Waals surface area contributed by atoms with Crippen molar-refractivity contribution in [2.24, 2.45) is 0 Å². The highest BCUT2D eigenvalue weighted by Gasteiger charge is 2.30. The molecule has 1 aliphatic rings. The number of carbonyl (C=O) groups excluding carboxylic acids is 2. The topological polar surface area (TPSA) is 46.6 Å². The van der Waals surface area contributed by atoms with Crippen LogP contribution in [0.25, 0.3) is 0 Å². The van der Waals surface area contributed by atoms with Crippen molar-refractivity contribution in [2.45, 2.75) is 32.7 Å². The number of amides is 1. The molecular weight excluding hydrogens is 322 g/mol. The Hall–Kier alpha value is -2.14. The first-order chi connectivity index (χ1) is 11.6. The van der Waals surface area contributed by atoms with Crippen LogP contribution < -0.4 is 4.74 Å². The van der Waals surface area contributed by atoms with E-state index in [9.17, 15) is 9.59 Å². The van der Waals surface area contributed by atoms with Crippen molar-refractivity contribution in [3.05, 3.63) is 51.7 Å². The van der Waals surface area contributed by atoms with Crippen LogP contribution in [0.2, 0.25) is 0 Å². The van der Waals surface area contributed by atoms with Gasteiger partial charge in [0.1, 0.15) is 5.75 Å². The molecule has 0 saturated carbocycles. The quantitative estimate of drug-likeness (QED) is 0.774. The number of ketones is 1. The summed E-state index contributed by atoms with van der Waals surface area (Å²) >= 11 is 1.78. The Morgan fingerprint density at radius 1 is 1.25 bits per heavy atom. The van der Waals surface area contributed by atoms with Crippen molar-refractivity contribution in [3.63, 3.8) is 0 Å². The number of nitrogens with zero attached hydrogens (tertiary/aromatic N) is 1. The van der Waals surface area contributed by atoms with E-state index in [0.29, 0.717) is 11.3 Å². The first-order valence-electron chi connectivity index (χ1n) is 8.19. The van der Waals surface area contributed by atoms with Crippen LogP contribution in [0.15, 0.2) is 35.7 Å². The maximum absolute atomic E-state index is 12.6. The average Bonchev–Trinajstić information content (AvgIpc) is 3.07. The molecule has 0 aliphatic carbocycles. The van der Waals surface area contributed by atoms with E-state index in [1.165, 1.54) is 17.4 Å². The molecule has 5 heteroatoms. The van der Waals surface area contributed by atoms with Crippen LogP contribution in [0.3, 0.4) is 0 Å². The Kier molecular flexibility index (Phi) is 5.00. The van der Waals surface area contributed by atoms with Gasteiger partial charge in [0.15, 0.2) is 12.4 Å². The minimum Gasteiger partial charge on any atom is -0.484 e. The lowest BCUT2D eigenvalue weighted by molar-refractivity contribution is -0.136. The van der Waals surface area contributed by atoms with Gasteiger partial charge in [-0.15, -0.1) is 11.3 Å². The highest BCUT2D eigenvalue weighted by Crippen LogP contribution is 2.35.